The molecule has 1 N–H and O–H groups in total. The largest absolute Gasteiger partial charge is 0.493 e. The van der Waals surface area contributed by atoms with Gasteiger partial charge in [0.05, 0.1) is 24.0 Å². The molecule has 4 aromatic carbocycles. The number of carbonyl (C=O) groups excluding carboxylic acids is 1. The number of nitrogens with one attached hydrogen (secondary N) is 1. The quantitative estimate of drug-likeness (QED) is 0.147. The molecule has 206 valence electrons. The molecule has 8 heteroatoms. The highest BCUT2D eigenvalue weighted by Crippen LogP contribution is 2.36. The first-order valence-corrected chi connectivity index (χ1v) is 13.2. The van der Waals surface area contributed by atoms with Crippen LogP contribution in [0.15, 0.2) is 108 Å². The van der Waals surface area contributed by atoms with Gasteiger partial charge in [-0.2, -0.15) is 5.10 Å². The highest BCUT2D eigenvalue weighted by Gasteiger charge is 2.13. The van der Waals surface area contributed by atoms with Gasteiger partial charge in [-0.15, -0.1) is 0 Å². The zero-order valence-electron chi connectivity index (χ0n) is 22.5. The zero-order valence-corrected chi connectivity index (χ0v) is 23.2. The minimum absolute atomic E-state index is 0.191. The Kier molecular flexibility index (Phi) is 8.46. The Hall–Kier alpha value is -4.88. The highest BCUT2D eigenvalue weighted by molar-refractivity contribution is 6.32. The molecule has 0 radical (unpaired) electrons. The van der Waals surface area contributed by atoms with Crippen molar-refractivity contribution >= 4 is 23.7 Å². The van der Waals surface area contributed by atoms with Crippen LogP contribution in [0.25, 0.3) is 16.9 Å². The molecule has 0 fully saturated rings. The second-order valence-corrected chi connectivity index (χ2v) is 9.66. The monoisotopic (exact) mass is 567 g/mol. The lowest BCUT2D eigenvalue weighted by molar-refractivity contribution is 0.0955. The van der Waals surface area contributed by atoms with Crippen molar-refractivity contribution in [2.24, 2.45) is 5.10 Å². The van der Waals surface area contributed by atoms with Gasteiger partial charge >= 0.3 is 0 Å². The normalized spacial score (nSPS) is 11.0. The molecule has 1 aromatic heterocycles. The maximum Gasteiger partial charge on any atom is 0.271 e. The summed E-state index contributed by atoms with van der Waals surface area (Å²) < 4.78 is 26.6. The smallest absolute Gasteiger partial charge is 0.271 e. The molecule has 0 saturated heterocycles. The van der Waals surface area contributed by atoms with Crippen LogP contribution in [0.4, 0.5) is 4.39 Å². The number of hydrazone groups is 1. The van der Waals surface area contributed by atoms with E-state index in [1.807, 2.05) is 37.3 Å². The van der Waals surface area contributed by atoms with Gasteiger partial charge in [0.1, 0.15) is 12.4 Å². The fourth-order valence-electron chi connectivity index (χ4n) is 4.40. The molecule has 41 heavy (non-hydrogen) atoms. The van der Waals surface area contributed by atoms with E-state index in [1.165, 1.54) is 25.5 Å². The van der Waals surface area contributed by atoms with Crippen molar-refractivity contribution in [3.8, 4) is 28.4 Å². The summed E-state index contributed by atoms with van der Waals surface area (Å²) in [4.78, 5) is 12.7. The predicted octanol–water partition coefficient (Wildman–Crippen LogP) is 7.60. The summed E-state index contributed by atoms with van der Waals surface area (Å²) in [6.45, 7) is 2.24. The summed E-state index contributed by atoms with van der Waals surface area (Å²) in [5.41, 5.74) is 8.64. The van der Waals surface area contributed by atoms with E-state index in [4.69, 9.17) is 21.1 Å². The summed E-state index contributed by atoms with van der Waals surface area (Å²) in [6, 6.07) is 31.0. The van der Waals surface area contributed by atoms with Gasteiger partial charge in [-0.3, -0.25) is 4.79 Å². The molecule has 6 nitrogen and oxygen atoms in total. The van der Waals surface area contributed by atoms with Crippen molar-refractivity contribution < 1.29 is 18.7 Å². The van der Waals surface area contributed by atoms with E-state index in [-0.39, 0.29) is 18.3 Å². The van der Waals surface area contributed by atoms with Gasteiger partial charge in [0.25, 0.3) is 5.91 Å². The van der Waals surface area contributed by atoms with E-state index >= 15 is 0 Å². The second-order valence-electron chi connectivity index (χ2n) is 9.26. The maximum absolute atomic E-state index is 13.2. The average molecular weight is 568 g/mol. The summed E-state index contributed by atoms with van der Waals surface area (Å²) >= 11 is 6.44. The Balaban J connectivity index is 1.25. The number of aromatic nitrogens is 1. The molecular formula is C33H27ClFN3O3. The molecule has 0 atom stereocenters. The minimum atomic E-state index is -0.349. The molecule has 0 saturated carbocycles. The third kappa shape index (κ3) is 6.48. The Labute approximate surface area is 242 Å². The van der Waals surface area contributed by atoms with E-state index in [9.17, 15) is 9.18 Å². The van der Waals surface area contributed by atoms with Gasteiger partial charge in [0.15, 0.2) is 11.5 Å². The lowest BCUT2D eigenvalue weighted by Gasteiger charge is -2.13. The average Bonchev–Trinajstić information content (AvgIpc) is 3.38. The van der Waals surface area contributed by atoms with Crippen LogP contribution in [0.3, 0.4) is 0 Å². The third-order valence-electron chi connectivity index (χ3n) is 6.46. The number of aryl methyl sites for hydroxylation is 1. The number of benzene rings is 4. The van der Waals surface area contributed by atoms with Crippen LogP contribution in [0.5, 0.6) is 11.5 Å². The zero-order chi connectivity index (χ0) is 28.8. The van der Waals surface area contributed by atoms with Crippen LogP contribution < -0.4 is 14.9 Å². The molecular weight excluding hydrogens is 541 g/mol. The molecule has 0 aliphatic rings. The lowest BCUT2D eigenvalue weighted by atomic mass is 10.1. The van der Waals surface area contributed by atoms with Crippen molar-refractivity contribution in [1.82, 2.24) is 9.99 Å². The molecule has 0 aliphatic heterocycles. The fourth-order valence-corrected chi connectivity index (χ4v) is 4.67. The van der Waals surface area contributed by atoms with Crippen LogP contribution in [0.1, 0.15) is 27.2 Å². The minimum Gasteiger partial charge on any atom is -0.493 e. The summed E-state index contributed by atoms with van der Waals surface area (Å²) in [5, 5.41) is 4.40. The van der Waals surface area contributed by atoms with Gasteiger partial charge in [0, 0.05) is 16.9 Å². The molecule has 0 unspecified atom stereocenters. The van der Waals surface area contributed by atoms with Gasteiger partial charge in [-0.25, -0.2) is 9.82 Å². The van der Waals surface area contributed by atoms with Gasteiger partial charge in [-0.05, 0) is 84.3 Å². The van der Waals surface area contributed by atoms with Gasteiger partial charge in [-0.1, -0.05) is 54.1 Å². The number of ether oxygens (including phenoxy) is 2. The summed E-state index contributed by atoms with van der Waals surface area (Å²) in [5.74, 6) is 0.0884. The van der Waals surface area contributed by atoms with Gasteiger partial charge < -0.3 is 14.0 Å². The van der Waals surface area contributed by atoms with Crippen LogP contribution in [-0.2, 0) is 6.61 Å². The molecule has 0 aliphatic carbocycles. The van der Waals surface area contributed by atoms with Crippen molar-refractivity contribution in [1.29, 1.82) is 0 Å². The molecule has 1 heterocycles. The Morgan fingerprint density at radius 2 is 1.71 bits per heavy atom. The van der Waals surface area contributed by atoms with Crippen LogP contribution in [-0.4, -0.2) is 23.8 Å². The summed E-state index contributed by atoms with van der Waals surface area (Å²) in [7, 11) is 1.50. The van der Waals surface area contributed by atoms with E-state index in [0.717, 1.165) is 28.2 Å². The van der Waals surface area contributed by atoms with E-state index in [2.05, 4.69) is 39.4 Å². The Morgan fingerprint density at radius 1 is 0.976 bits per heavy atom. The van der Waals surface area contributed by atoms with Gasteiger partial charge in [0.2, 0.25) is 0 Å². The van der Waals surface area contributed by atoms with Crippen molar-refractivity contribution in [3.63, 3.8) is 0 Å². The SMILES string of the molecule is COc1cc(C=NNC(=O)c2ccc(-n3c(C)ccc3-c3ccccc3)cc2)cc(Cl)c1OCc1ccc(F)cc1. The predicted molar refractivity (Wildman–Crippen MR) is 160 cm³/mol. The van der Waals surface area contributed by atoms with Crippen LogP contribution in [0, 0.1) is 12.7 Å². The summed E-state index contributed by atoms with van der Waals surface area (Å²) in [6.07, 6.45) is 1.47. The first-order valence-electron chi connectivity index (χ1n) is 12.9. The Morgan fingerprint density at radius 3 is 2.41 bits per heavy atom. The standard InChI is InChI=1S/C33H27ClFN3O3/c1-22-8-17-30(25-6-4-3-5-7-25)38(22)28-15-11-26(12-16-28)33(39)37-36-20-24-18-29(34)32(31(19-24)40-2)41-21-23-9-13-27(35)14-10-23/h3-20H,21H2,1-2H3,(H,37,39). The van der Waals surface area contributed by atoms with Crippen molar-refractivity contribution in [2.75, 3.05) is 7.11 Å². The molecule has 0 bridgehead atoms. The number of hydrogen-bond donors (Lipinski definition) is 1. The number of nitrogens with zero attached hydrogens (tertiary/aromatic N) is 2. The first-order chi connectivity index (χ1) is 19.9. The Bertz CT molecular complexity index is 1680. The molecule has 0 spiro atoms. The van der Waals surface area contributed by atoms with E-state index in [0.29, 0.717) is 27.6 Å². The number of halogens is 2. The van der Waals surface area contributed by atoms with Crippen molar-refractivity contribution in [2.45, 2.75) is 13.5 Å². The number of methoxy groups -OCH3 is 1. The van der Waals surface area contributed by atoms with Crippen LogP contribution >= 0.6 is 11.6 Å². The van der Waals surface area contributed by atoms with E-state index < -0.39 is 0 Å². The topological polar surface area (TPSA) is 64.8 Å². The fraction of sp³-hybridized carbons (Fsp3) is 0.0909. The number of carbonyl (C=O) groups is 1. The number of rotatable bonds is 9. The lowest BCUT2D eigenvalue weighted by Crippen LogP contribution is -2.17. The highest BCUT2D eigenvalue weighted by atomic mass is 35.5. The van der Waals surface area contributed by atoms with E-state index in [1.54, 1.807) is 36.4 Å². The first kappa shape index (κ1) is 27.7. The third-order valence-corrected chi connectivity index (χ3v) is 6.74. The number of amides is 1. The molecule has 5 aromatic rings. The molecule has 5 rings (SSSR count). The van der Waals surface area contributed by atoms with Crippen molar-refractivity contribution in [3.05, 3.63) is 136 Å². The maximum atomic E-state index is 13.2. The number of hydrogen-bond acceptors (Lipinski definition) is 4. The van der Waals surface area contributed by atoms with Crippen LogP contribution in [0.2, 0.25) is 5.02 Å². The molecule has 1 amide bonds. The second kappa shape index (κ2) is 12.5.